The van der Waals surface area contributed by atoms with Gasteiger partial charge in [-0.05, 0) is 60.2 Å². The Bertz CT molecular complexity index is 1080. The van der Waals surface area contributed by atoms with Crippen LogP contribution in [0.2, 0.25) is 0 Å². The van der Waals surface area contributed by atoms with E-state index in [0.717, 1.165) is 32.4 Å². The molecule has 4 nitrogen and oxygen atoms in total. The number of carbonyl (C=O) groups is 1. The standard InChI is InChI=1S/C27H30N2O2/c1-19(24-8-4-6-20-5-2-3-7-25(20)24)28-22-13-16-29(18-22)23-11-9-21(10-12-23)27(14-15-27)17-26(30)31/h2-12,19,22,28H,13-18H2,1H3,(H,30,31)/t19-,22?/m1/s1. The maximum Gasteiger partial charge on any atom is 0.304 e. The molecule has 1 saturated carbocycles. The second kappa shape index (κ2) is 8.01. The lowest BCUT2D eigenvalue weighted by molar-refractivity contribution is -0.137. The van der Waals surface area contributed by atoms with Crippen LogP contribution in [0.1, 0.15) is 49.8 Å². The number of benzene rings is 3. The minimum atomic E-state index is -0.699. The first kappa shape index (κ1) is 20.1. The molecule has 1 heterocycles. The van der Waals surface area contributed by atoms with Crippen molar-refractivity contribution < 1.29 is 9.90 Å². The largest absolute Gasteiger partial charge is 0.481 e. The molecule has 5 rings (SSSR count). The highest BCUT2D eigenvalue weighted by Crippen LogP contribution is 2.51. The third-order valence-electron chi connectivity index (χ3n) is 7.15. The fraction of sp³-hybridized carbons (Fsp3) is 0.370. The van der Waals surface area contributed by atoms with E-state index in [-0.39, 0.29) is 11.8 Å². The molecule has 2 aliphatic rings. The van der Waals surface area contributed by atoms with Crippen molar-refractivity contribution in [1.82, 2.24) is 5.32 Å². The maximum atomic E-state index is 11.2. The number of anilines is 1. The highest BCUT2D eigenvalue weighted by Gasteiger charge is 2.45. The molecular formula is C27H30N2O2. The minimum absolute atomic E-state index is 0.118. The summed E-state index contributed by atoms with van der Waals surface area (Å²) < 4.78 is 0. The molecule has 1 aliphatic heterocycles. The van der Waals surface area contributed by atoms with E-state index in [1.807, 2.05) is 0 Å². The summed E-state index contributed by atoms with van der Waals surface area (Å²) in [5, 5.41) is 15.7. The third kappa shape index (κ3) is 4.05. The van der Waals surface area contributed by atoms with Crippen LogP contribution < -0.4 is 10.2 Å². The van der Waals surface area contributed by atoms with Crippen molar-refractivity contribution in [3.8, 4) is 0 Å². The van der Waals surface area contributed by atoms with Gasteiger partial charge in [0, 0.05) is 36.3 Å². The van der Waals surface area contributed by atoms with Gasteiger partial charge in [-0.1, -0.05) is 54.6 Å². The maximum absolute atomic E-state index is 11.2. The Morgan fingerprint density at radius 2 is 1.84 bits per heavy atom. The molecular weight excluding hydrogens is 384 g/mol. The molecule has 0 radical (unpaired) electrons. The van der Waals surface area contributed by atoms with Crippen LogP contribution in [0.3, 0.4) is 0 Å². The summed E-state index contributed by atoms with van der Waals surface area (Å²) in [5.74, 6) is -0.699. The Hall–Kier alpha value is -2.85. The summed E-state index contributed by atoms with van der Waals surface area (Å²) in [6, 6.07) is 24.5. The van der Waals surface area contributed by atoms with Crippen molar-refractivity contribution >= 4 is 22.4 Å². The predicted molar refractivity (Wildman–Crippen MR) is 126 cm³/mol. The van der Waals surface area contributed by atoms with Crippen molar-refractivity contribution in [1.29, 1.82) is 0 Å². The summed E-state index contributed by atoms with van der Waals surface area (Å²) in [6.07, 6.45) is 3.34. The molecule has 3 aromatic rings. The van der Waals surface area contributed by atoms with Crippen molar-refractivity contribution in [3.63, 3.8) is 0 Å². The lowest BCUT2D eigenvalue weighted by atomic mass is 9.92. The minimum Gasteiger partial charge on any atom is -0.481 e. The van der Waals surface area contributed by atoms with Gasteiger partial charge in [0.05, 0.1) is 6.42 Å². The highest BCUT2D eigenvalue weighted by atomic mass is 16.4. The van der Waals surface area contributed by atoms with Crippen molar-refractivity contribution in [3.05, 3.63) is 77.9 Å². The van der Waals surface area contributed by atoms with E-state index >= 15 is 0 Å². The van der Waals surface area contributed by atoms with Gasteiger partial charge in [0.2, 0.25) is 0 Å². The lowest BCUT2D eigenvalue weighted by Gasteiger charge is -2.23. The van der Waals surface area contributed by atoms with Gasteiger partial charge < -0.3 is 15.3 Å². The topological polar surface area (TPSA) is 52.6 Å². The van der Waals surface area contributed by atoms with Gasteiger partial charge in [0.1, 0.15) is 0 Å². The number of fused-ring (bicyclic) bond motifs is 1. The average Bonchev–Trinajstić information content (AvgIpc) is 3.40. The molecule has 0 spiro atoms. The SMILES string of the molecule is C[C@@H](NC1CCN(c2ccc(C3(CC(=O)O)CC3)cc2)C1)c1cccc2ccccc12. The molecule has 160 valence electrons. The second-order valence-corrected chi connectivity index (χ2v) is 9.29. The normalized spacial score (nSPS) is 20.7. The molecule has 1 saturated heterocycles. The number of hydrogen-bond acceptors (Lipinski definition) is 3. The van der Waals surface area contributed by atoms with E-state index in [1.54, 1.807) is 0 Å². The third-order valence-corrected chi connectivity index (χ3v) is 7.15. The van der Waals surface area contributed by atoms with Gasteiger partial charge in [0.25, 0.3) is 0 Å². The smallest absolute Gasteiger partial charge is 0.304 e. The zero-order valence-corrected chi connectivity index (χ0v) is 18.1. The van der Waals surface area contributed by atoms with Crippen molar-refractivity contribution in [2.24, 2.45) is 0 Å². The van der Waals surface area contributed by atoms with Crippen molar-refractivity contribution in [2.45, 2.75) is 50.1 Å². The summed E-state index contributed by atoms with van der Waals surface area (Å²) in [6.45, 7) is 4.30. The molecule has 2 N–H and O–H groups in total. The zero-order valence-electron chi connectivity index (χ0n) is 18.1. The molecule has 3 aromatic carbocycles. The van der Waals surface area contributed by atoms with Crippen LogP contribution in [0.5, 0.6) is 0 Å². The predicted octanol–water partition coefficient (Wildman–Crippen LogP) is 5.28. The van der Waals surface area contributed by atoms with Gasteiger partial charge in [-0.2, -0.15) is 0 Å². The molecule has 1 aliphatic carbocycles. The van der Waals surface area contributed by atoms with E-state index in [9.17, 15) is 9.90 Å². The molecule has 0 bridgehead atoms. The Balaban J connectivity index is 1.24. The van der Waals surface area contributed by atoms with E-state index < -0.39 is 5.97 Å². The molecule has 31 heavy (non-hydrogen) atoms. The monoisotopic (exact) mass is 414 g/mol. The van der Waals surface area contributed by atoms with Crippen LogP contribution in [0, 0.1) is 0 Å². The fourth-order valence-corrected chi connectivity index (χ4v) is 5.24. The van der Waals surface area contributed by atoms with Crippen LogP contribution in [0.4, 0.5) is 5.69 Å². The Morgan fingerprint density at radius 1 is 1.10 bits per heavy atom. The van der Waals surface area contributed by atoms with Crippen LogP contribution in [-0.2, 0) is 10.2 Å². The van der Waals surface area contributed by atoms with E-state index in [4.69, 9.17) is 0 Å². The number of aliphatic carboxylic acids is 1. The molecule has 1 unspecified atom stereocenters. The van der Waals surface area contributed by atoms with E-state index in [1.165, 1.54) is 27.6 Å². The summed E-state index contributed by atoms with van der Waals surface area (Å²) >= 11 is 0. The van der Waals surface area contributed by atoms with Gasteiger partial charge in [-0.15, -0.1) is 0 Å². The van der Waals surface area contributed by atoms with Crippen LogP contribution >= 0.6 is 0 Å². The number of carboxylic acid groups (broad SMARTS) is 1. The summed E-state index contributed by atoms with van der Waals surface area (Å²) in [5.41, 5.74) is 3.65. The van der Waals surface area contributed by atoms with Crippen molar-refractivity contribution in [2.75, 3.05) is 18.0 Å². The van der Waals surface area contributed by atoms with Crippen LogP contribution in [-0.4, -0.2) is 30.2 Å². The van der Waals surface area contributed by atoms with Crippen LogP contribution in [0.15, 0.2) is 66.7 Å². The van der Waals surface area contributed by atoms with Gasteiger partial charge in [-0.3, -0.25) is 4.79 Å². The number of hydrogen-bond donors (Lipinski definition) is 2. The Morgan fingerprint density at radius 3 is 2.58 bits per heavy atom. The number of nitrogens with one attached hydrogen (secondary N) is 1. The highest BCUT2D eigenvalue weighted by molar-refractivity contribution is 5.86. The summed E-state index contributed by atoms with van der Waals surface area (Å²) in [7, 11) is 0. The van der Waals surface area contributed by atoms with E-state index in [2.05, 4.69) is 83.9 Å². The molecule has 0 amide bonds. The second-order valence-electron chi connectivity index (χ2n) is 9.29. The number of rotatable bonds is 7. The molecule has 4 heteroatoms. The fourth-order valence-electron chi connectivity index (χ4n) is 5.24. The molecule has 2 fully saturated rings. The number of carboxylic acids is 1. The summed E-state index contributed by atoms with van der Waals surface area (Å²) in [4.78, 5) is 13.6. The first-order valence-corrected chi connectivity index (χ1v) is 11.4. The molecule has 0 aromatic heterocycles. The van der Waals surface area contributed by atoms with Gasteiger partial charge >= 0.3 is 5.97 Å². The quantitative estimate of drug-likeness (QED) is 0.553. The average molecular weight is 415 g/mol. The molecule has 2 atom stereocenters. The van der Waals surface area contributed by atoms with E-state index in [0.29, 0.717) is 12.1 Å². The van der Waals surface area contributed by atoms with Gasteiger partial charge in [-0.25, -0.2) is 0 Å². The Kier molecular flexibility index (Phi) is 5.19. The Labute approximate surface area is 183 Å². The first-order valence-electron chi connectivity index (χ1n) is 11.4. The first-order chi connectivity index (χ1) is 15.0. The zero-order chi connectivity index (χ0) is 21.4. The van der Waals surface area contributed by atoms with Gasteiger partial charge in [0.15, 0.2) is 0 Å². The van der Waals surface area contributed by atoms with Crippen LogP contribution in [0.25, 0.3) is 10.8 Å². The lowest BCUT2D eigenvalue weighted by Crippen LogP contribution is -2.34. The number of nitrogens with zero attached hydrogens (tertiary/aromatic N) is 1.